The van der Waals surface area contributed by atoms with Crippen LogP contribution in [-0.4, -0.2) is 33.1 Å². The van der Waals surface area contributed by atoms with Crippen molar-refractivity contribution in [2.24, 2.45) is 0 Å². The van der Waals surface area contributed by atoms with E-state index in [-0.39, 0.29) is 11.8 Å². The maximum Gasteiger partial charge on any atom is 0.251 e. The molecule has 1 N–H and O–H groups in total. The molecule has 0 aliphatic carbocycles. The summed E-state index contributed by atoms with van der Waals surface area (Å²) in [5, 5.41) is 7.15. The Morgan fingerprint density at radius 2 is 1.97 bits per heavy atom. The number of carbonyl (C=O) groups is 2. The Bertz CT molecular complexity index is 1030. The standard InChI is InChI=1S/C22H23N5O2/c1-2-21(28)27-10-9-16-11-17(7-8-20(16)27)22(29)24-12-18-5-3-4-6-19(18)13-26-15-23-14-25-26/h3-8,11,14-15H,2,9-10,12-13H2,1H3,(H,24,29). The number of rotatable bonds is 6. The Morgan fingerprint density at radius 3 is 2.72 bits per heavy atom. The highest BCUT2D eigenvalue weighted by molar-refractivity contribution is 5.98. The van der Waals surface area contributed by atoms with Crippen molar-refractivity contribution >= 4 is 17.5 Å². The molecule has 0 bridgehead atoms. The number of carbonyl (C=O) groups excluding carboxylic acids is 2. The molecule has 3 aromatic rings. The molecule has 0 atom stereocenters. The van der Waals surface area contributed by atoms with Gasteiger partial charge in [-0.05, 0) is 41.3 Å². The first kappa shape index (κ1) is 18.9. The summed E-state index contributed by atoms with van der Waals surface area (Å²) in [6.07, 6.45) is 4.44. The van der Waals surface area contributed by atoms with Crippen molar-refractivity contribution in [3.63, 3.8) is 0 Å². The summed E-state index contributed by atoms with van der Waals surface area (Å²) in [7, 11) is 0. The Balaban J connectivity index is 1.44. The van der Waals surface area contributed by atoms with Crippen LogP contribution >= 0.6 is 0 Å². The van der Waals surface area contributed by atoms with Crippen LogP contribution in [0, 0.1) is 0 Å². The molecule has 0 saturated heterocycles. The number of hydrogen-bond donors (Lipinski definition) is 1. The summed E-state index contributed by atoms with van der Waals surface area (Å²) >= 11 is 0. The number of benzene rings is 2. The van der Waals surface area contributed by atoms with Crippen molar-refractivity contribution < 1.29 is 9.59 Å². The van der Waals surface area contributed by atoms with Gasteiger partial charge in [-0.25, -0.2) is 9.67 Å². The van der Waals surface area contributed by atoms with Crippen molar-refractivity contribution in [3.05, 3.63) is 77.4 Å². The third-order valence-corrected chi connectivity index (χ3v) is 5.20. The van der Waals surface area contributed by atoms with Crippen LogP contribution < -0.4 is 10.2 Å². The number of nitrogens with one attached hydrogen (secondary N) is 1. The van der Waals surface area contributed by atoms with Crippen LogP contribution in [0.4, 0.5) is 5.69 Å². The van der Waals surface area contributed by atoms with Crippen LogP contribution in [0.2, 0.25) is 0 Å². The molecule has 0 spiro atoms. The van der Waals surface area contributed by atoms with Crippen molar-refractivity contribution in [1.82, 2.24) is 20.1 Å². The molecule has 7 nitrogen and oxygen atoms in total. The van der Waals surface area contributed by atoms with Gasteiger partial charge in [0.1, 0.15) is 12.7 Å². The highest BCUT2D eigenvalue weighted by atomic mass is 16.2. The quantitative estimate of drug-likeness (QED) is 0.703. The van der Waals surface area contributed by atoms with Gasteiger partial charge in [0.15, 0.2) is 0 Å². The fourth-order valence-corrected chi connectivity index (χ4v) is 3.64. The van der Waals surface area contributed by atoms with E-state index in [1.54, 1.807) is 22.0 Å². The zero-order valence-electron chi connectivity index (χ0n) is 16.3. The van der Waals surface area contributed by atoms with E-state index in [0.29, 0.717) is 31.6 Å². The number of aromatic nitrogens is 3. The molecular formula is C22H23N5O2. The Labute approximate surface area is 169 Å². The summed E-state index contributed by atoms with van der Waals surface area (Å²) in [5.41, 5.74) is 4.71. The van der Waals surface area contributed by atoms with Crippen LogP contribution in [0.5, 0.6) is 0 Å². The molecular weight excluding hydrogens is 366 g/mol. The Hall–Kier alpha value is -3.48. The largest absolute Gasteiger partial charge is 0.348 e. The monoisotopic (exact) mass is 389 g/mol. The summed E-state index contributed by atoms with van der Waals surface area (Å²) < 4.78 is 1.75. The molecule has 4 rings (SSSR count). The third-order valence-electron chi connectivity index (χ3n) is 5.20. The number of fused-ring (bicyclic) bond motifs is 1. The molecule has 0 radical (unpaired) electrons. The fourth-order valence-electron chi connectivity index (χ4n) is 3.64. The van der Waals surface area contributed by atoms with E-state index in [9.17, 15) is 9.59 Å². The van der Waals surface area contributed by atoms with Crippen LogP contribution in [-0.2, 0) is 24.3 Å². The van der Waals surface area contributed by atoms with Gasteiger partial charge in [-0.2, -0.15) is 5.10 Å². The second-order valence-electron chi connectivity index (χ2n) is 7.04. The van der Waals surface area contributed by atoms with Gasteiger partial charge >= 0.3 is 0 Å². The molecule has 2 aromatic carbocycles. The predicted octanol–water partition coefficient (Wildman–Crippen LogP) is 2.56. The zero-order valence-corrected chi connectivity index (χ0v) is 16.3. The smallest absolute Gasteiger partial charge is 0.251 e. The summed E-state index contributed by atoms with van der Waals surface area (Å²) in [6, 6.07) is 13.5. The van der Waals surface area contributed by atoms with Gasteiger partial charge in [-0.3, -0.25) is 9.59 Å². The topological polar surface area (TPSA) is 80.1 Å². The van der Waals surface area contributed by atoms with Gasteiger partial charge in [-0.15, -0.1) is 0 Å². The first-order valence-corrected chi connectivity index (χ1v) is 9.76. The lowest BCUT2D eigenvalue weighted by atomic mass is 10.1. The Morgan fingerprint density at radius 1 is 1.14 bits per heavy atom. The summed E-state index contributed by atoms with van der Waals surface area (Å²) in [5.74, 6) is -0.00596. The fraction of sp³-hybridized carbons (Fsp3) is 0.273. The minimum absolute atomic E-state index is 0.116. The van der Waals surface area contributed by atoms with Crippen LogP contribution in [0.15, 0.2) is 55.1 Å². The van der Waals surface area contributed by atoms with Gasteiger partial charge < -0.3 is 10.2 Å². The average Bonchev–Trinajstić information content (AvgIpc) is 3.41. The lowest BCUT2D eigenvalue weighted by molar-refractivity contribution is -0.118. The van der Waals surface area contributed by atoms with Gasteiger partial charge in [-0.1, -0.05) is 31.2 Å². The van der Waals surface area contributed by atoms with E-state index in [2.05, 4.69) is 15.4 Å². The third kappa shape index (κ3) is 4.03. The molecule has 0 saturated carbocycles. The van der Waals surface area contributed by atoms with Crippen molar-refractivity contribution in [3.8, 4) is 0 Å². The molecule has 2 heterocycles. The van der Waals surface area contributed by atoms with E-state index in [1.807, 2.05) is 43.3 Å². The van der Waals surface area contributed by atoms with E-state index in [0.717, 1.165) is 28.8 Å². The van der Waals surface area contributed by atoms with Crippen molar-refractivity contribution in [2.75, 3.05) is 11.4 Å². The second kappa shape index (κ2) is 8.26. The van der Waals surface area contributed by atoms with Crippen LogP contribution in [0.25, 0.3) is 0 Å². The zero-order chi connectivity index (χ0) is 20.2. The van der Waals surface area contributed by atoms with Crippen LogP contribution in [0.3, 0.4) is 0 Å². The first-order chi connectivity index (χ1) is 14.2. The molecule has 1 aliphatic heterocycles. The van der Waals surface area contributed by atoms with Crippen molar-refractivity contribution in [2.45, 2.75) is 32.9 Å². The van der Waals surface area contributed by atoms with Gasteiger partial charge in [0.2, 0.25) is 5.91 Å². The second-order valence-corrected chi connectivity index (χ2v) is 7.04. The van der Waals surface area contributed by atoms with E-state index < -0.39 is 0 Å². The summed E-state index contributed by atoms with van der Waals surface area (Å²) in [4.78, 5) is 30.5. The molecule has 0 unspecified atom stereocenters. The number of anilines is 1. The molecule has 29 heavy (non-hydrogen) atoms. The molecule has 1 aliphatic rings. The maximum absolute atomic E-state index is 12.7. The Kier molecular flexibility index (Phi) is 5.37. The first-order valence-electron chi connectivity index (χ1n) is 9.76. The lowest BCUT2D eigenvalue weighted by Gasteiger charge is -2.16. The number of nitrogens with zero attached hydrogens (tertiary/aromatic N) is 4. The van der Waals surface area contributed by atoms with E-state index in [4.69, 9.17) is 0 Å². The minimum Gasteiger partial charge on any atom is -0.348 e. The van der Waals surface area contributed by atoms with E-state index >= 15 is 0 Å². The SMILES string of the molecule is CCC(=O)N1CCc2cc(C(=O)NCc3ccccc3Cn3cncn3)ccc21. The van der Waals surface area contributed by atoms with Crippen LogP contribution in [0.1, 0.15) is 40.4 Å². The molecule has 7 heteroatoms. The number of amides is 2. The number of hydrogen-bond acceptors (Lipinski definition) is 4. The molecule has 1 aromatic heterocycles. The average molecular weight is 389 g/mol. The molecule has 2 amide bonds. The normalized spacial score (nSPS) is 12.7. The van der Waals surface area contributed by atoms with E-state index in [1.165, 1.54) is 6.33 Å². The molecule has 0 fully saturated rings. The minimum atomic E-state index is -0.122. The van der Waals surface area contributed by atoms with Gasteiger partial charge in [0, 0.05) is 30.8 Å². The molecule has 148 valence electrons. The van der Waals surface area contributed by atoms with Crippen molar-refractivity contribution in [1.29, 1.82) is 0 Å². The highest BCUT2D eigenvalue weighted by Gasteiger charge is 2.24. The van der Waals surface area contributed by atoms with Gasteiger partial charge in [0.25, 0.3) is 5.91 Å². The summed E-state index contributed by atoms with van der Waals surface area (Å²) in [6.45, 7) is 3.58. The van der Waals surface area contributed by atoms with Gasteiger partial charge in [0.05, 0.1) is 6.54 Å². The highest BCUT2D eigenvalue weighted by Crippen LogP contribution is 2.29. The maximum atomic E-state index is 12.7. The predicted molar refractivity (Wildman–Crippen MR) is 110 cm³/mol. The lowest BCUT2D eigenvalue weighted by Crippen LogP contribution is -2.27.